The van der Waals surface area contributed by atoms with Gasteiger partial charge < -0.3 is 15.5 Å². The summed E-state index contributed by atoms with van der Waals surface area (Å²) in [5.41, 5.74) is 0.512. The summed E-state index contributed by atoms with van der Waals surface area (Å²) >= 11 is 0. The van der Waals surface area contributed by atoms with Gasteiger partial charge in [-0.1, -0.05) is 0 Å². The quantitative estimate of drug-likeness (QED) is 0.398. The zero-order valence-electron chi connectivity index (χ0n) is 17.6. The van der Waals surface area contributed by atoms with Crippen molar-refractivity contribution in [2.24, 2.45) is 0 Å². The van der Waals surface area contributed by atoms with Gasteiger partial charge in [-0.05, 0) is 44.0 Å². The highest BCUT2D eigenvalue weighted by Crippen LogP contribution is 2.34. The van der Waals surface area contributed by atoms with Crippen molar-refractivity contribution in [1.29, 1.82) is 5.26 Å². The summed E-state index contributed by atoms with van der Waals surface area (Å²) in [6.07, 6.45) is 4.43. The number of aromatic amines is 1. The number of carbonyl (C=O) groups is 1. The van der Waals surface area contributed by atoms with Crippen molar-refractivity contribution in [2.45, 2.75) is 25.3 Å². The van der Waals surface area contributed by atoms with Crippen LogP contribution in [0.5, 0.6) is 0 Å². The topological polar surface area (TPSA) is 140 Å². The van der Waals surface area contributed by atoms with Crippen molar-refractivity contribution in [1.82, 2.24) is 29.8 Å². The molecule has 4 aromatic heterocycles. The summed E-state index contributed by atoms with van der Waals surface area (Å²) in [5.74, 6) is 0.409. The van der Waals surface area contributed by atoms with E-state index >= 15 is 0 Å². The van der Waals surface area contributed by atoms with Gasteiger partial charge in [0.2, 0.25) is 17.8 Å². The minimum absolute atomic E-state index is 0.259. The molecule has 1 aliphatic heterocycles. The second-order valence-corrected chi connectivity index (χ2v) is 7.85. The van der Waals surface area contributed by atoms with E-state index in [0.29, 0.717) is 47.4 Å². The lowest BCUT2D eigenvalue weighted by atomic mass is 9.97. The number of nitrogens with zero attached hydrogens (tertiary/aromatic N) is 7. The molecule has 0 unspecified atom stereocenters. The summed E-state index contributed by atoms with van der Waals surface area (Å²) in [6.45, 7) is 2.41. The highest BCUT2D eigenvalue weighted by molar-refractivity contribution is 6.00. The number of hydrogen-bond donors (Lipinski definition) is 3. The van der Waals surface area contributed by atoms with Gasteiger partial charge in [0.25, 0.3) is 0 Å². The molecule has 1 atom stereocenters. The molecule has 166 valence electrons. The molecule has 1 fully saturated rings. The number of carbonyl (C=O) groups excluding carboxylic acids is 1. The number of amides is 1. The first-order valence-electron chi connectivity index (χ1n) is 10.2. The van der Waals surface area contributed by atoms with E-state index in [1.807, 2.05) is 30.0 Å². The Morgan fingerprint density at radius 1 is 1.36 bits per heavy atom. The van der Waals surface area contributed by atoms with E-state index in [1.165, 1.54) is 18.3 Å². The first kappa shape index (κ1) is 20.4. The van der Waals surface area contributed by atoms with Crippen LogP contribution in [0.1, 0.15) is 25.5 Å². The van der Waals surface area contributed by atoms with E-state index < -0.39 is 11.5 Å². The smallest absolute Gasteiger partial charge is 0.250 e. The maximum atomic E-state index is 13.2. The third-order valence-electron chi connectivity index (χ3n) is 5.68. The van der Waals surface area contributed by atoms with Gasteiger partial charge in [0, 0.05) is 18.8 Å². The van der Waals surface area contributed by atoms with Crippen LogP contribution in [0.2, 0.25) is 0 Å². The maximum Gasteiger partial charge on any atom is 0.250 e. The lowest BCUT2D eigenvalue weighted by Crippen LogP contribution is -2.51. The van der Waals surface area contributed by atoms with Crippen molar-refractivity contribution < 1.29 is 9.18 Å². The summed E-state index contributed by atoms with van der Waals surface area (Å²) in [7, 11) is 0. The van der Waals surface area contributed by atoms with Crippen LogP contribution in [0.4, 0.5) is 27.7 Å². The minimum atomic E-state index is -0.924. The molecule has 1 saturated heterocycles. The number of nitrogens with one attached hydrogen (secondary N) is 3. The van der Waals surface area contributed by atoms with E-state index in [9.17, 15) is 9.18 Å². The Morgan fingerprint density at radius 2 is 2.24 bits per heavy atom. The van der Waals surface area contributed by atoms with Crippen molar-refractivity contribution >= 4 is 34.7 Å². The molecule has 11 nitrogen and oxygen atoms in total. The number of nitriles is 1. The van der Waals surface area contributed by atoms with Crippen LogP contribution in [0.3, 0.4) is 0 Å². The lowest BCUT2D eigenvalue weighted by molar-refractivity contribution is -0.120. The molecule has 5 rings (SSSR count). The molecule has 0 saturated carbocycles. The van der Waals surface area contributed by atoms with Gasteiger partial charge in [0.05, 0.1) is 11.9 Å². The largest absolute Gasteiger partial charge is 0.325 e. The summed E-state index contributed by atoms with van der Waals surface area (Å²) < 4.78 is 14.8. The third kappa shape index (κ3) is 3.69. The average molecular weight is 446 g/mol. The number of fused-ring (bicyclic) bond motifs is 1. The van der Waals surface area contributed by atoms with Gasteiger partial charge >= 0.3 is 0 Å². The highest BCUT2D eigenvalue weighted by Gasteiger charge is 2.45. The number of H-pyrrole nitrogens is 1. The second-order valence-electron chi connectivity index (χ2n) is 7.85. The predicted molar refractivity (Wildman–Crippen MR) is 117 cm³/mol. The van der Waals surface area contributed by atoms with Gasteiger partial charge in [0.15, 0.2) is 11.6 Å². The zero-order valence-corrected chi connectivity index (χ0v) is 17.6. The molecule has 0 bridgehead atoms. The number of aromatic nitrogens is 6. The van der Waals surface area contributed by atoms with E-state index in [-0.39, 0.29) is 5.91 Å². The zero-order chi connectivity index (χ0) is 23.0. The van der Waals surface area contributed by atoms with Gasteiger partial charge in [-0.3, -0.25) is 9.89 Å². The van der Waals surface area contributed by atoms with Crippen LogP contribution in [-0.4, -0.2) is 47.8 Å². The van der Waals surface area contributed by atoms with Crippen LogP contribution < -0.4 is 15.5 Å². The summed E-state index contributed by atoms with van der Waals surface area (Å²) in [4.78, 5) is 23.4. The van der Waals surface area contributed by atoms with Gasteiger partial charge in [-0.25, -0.2) is 9.50 Å². The molecule has 33 heavy (non-hydrogen) atoms. The minimum Gasteiger partial charge on any atom is -0.325 e. The van der Waals surface area contributed by atoms with Crippen LogP contribution in [0.15, 0.2) is 42.7 Å². The lowest BCUT2D eigenvalue weighted by Gasteiger charge is -2.34. The van der Waals surface area contributed by atoms with Crippen LogP contribution in [-0.2, 0) is 4.79 Å². The van der Waals surface area contributed by atoms with Gasteiger partial charge in [-0.15, -0.1) is 5.10 Å². The molecule has 3 N–H and O–H groups in total. The number of hydrogen-bond acceptors (Lipinski definition) is 8. The Kier molecular flexibility index (Phi) is 4.86. The van der Waals surface area contributed by atoms with Crippen molar-refractivity contribution in [3.05, 3.63) is 54.4 Å². The van der Waals surface area contributed by atoms with Gasteiger partial charge in [0.1, 0.15) is 22.8 Å². The normalized spacial score (nSPS) is 17.8. The summed E-state index contributed by atoms with van der Waals surface area (Å²) in [5, 5.41) is 26.3. The van der Waals surface area contributed by atoms with Gasteiger partial charge in [-0.2, -0.15) is 19.7 Å². The molecule has 0 aromatic carbocycles. The molecule has 4 aromatic rings. The Balaban J connectivity index is 1.47. The van der Waals surface area contributed by atoms with Crippen molar-refractivity contribution in [3.8, 4) is 6.07 Å². The van der Waals surface area contributed by atoms with E-state index in [1.54, 1.807) is 16.8 Å². The first-order valence-corrected chi connectivity index (χ1v) is 10.2. The average Bonchev–Trinajstić information content (AvgIpc) is 3.55. The third-order valence-corrected chi connectivity index (χ3v) is 5.68. The SMILES string of the molecule is C[C@@]1(C(=O)Nc2ccc(F)nc2)CCCN1c1nc(Nc2cc(C#N)[nH]n2)c2cccn2n1. The summed E-state index contributed by atoms with van der Waals surface area (Å²) in [6, 6.07) is 9.91. The fourth-order valence-electron chi connectivity index (χ4n) is 3.93. The second kappa shape index (κ2) is 7.86. The Hall–Kier alpha value is -4.53. The molecular weight excluding hydrogens is 427 g/mol. The van der Waals surface area contributed by atoms with E-state index in [4.69, 9.17) is 5.26 Å². The predicted octanol–water partition coefficient (Wildman–Crippen LogP) is 2.60. The number of halogens is 1. The molecule has 0 radical (unpaired) electrons. The van der Waals surface area contributed by atoms with E-state index in [2.05, 4.69) is 35.9 Å². The Morgan fingerprint density at radius 3 is 3.00 bits per heavy atom. The van der Waals surface area contributed by atoms with Crippen molar-refractivity contribution in [2.75, 3.05) is 22.1 Å². The first-order chi connectivity index (χ1) is 16.0. The number of rotatable bonds is 5. The molecule has 5 heterocycles. The standard InChI is InChI=1S/C21H19FN10O/c1-21(19(33)25-13-5-6-16(22)24-12-13)7-3-8-31(21)20-27-18(15-4-2-9-32(15)30-20)26-17-10-14(11-23)28-29-17/h2,4-6,9-10,12H,3,7-8H2,1H3,(H,25,33)(H2,26,27,28,29,30)/t21-/m0/s1. The van der Waals surface area contributed by atoms with Crippen LogP contribution >= 0.6 is 0 Å². The Labute approximate surface area is 187 Å². The maximum absolute atomic E-state index is 13.2. The van der Waals surface area contributed by atoms with E-state index in [0.717, 1.165) is 6.42 Å². The highest BCUT2D eigenvalue weighted by atomic mass is 19.1. The van der Waals surface area contributed by atoms with Crippen LogP contribution in [0.25, 0.3) is 5.52 Å². The Bertz CT molecular complexity index is 1370. The number of pyridine rings is 1. The van der Waals surface area contributed by atoms with Crippen molar-refractivity contribution in [3.63, 3.8) is 0 Å². The monoisotopic (exact) mass is 446 g/mol. The molecular formula is C21H19FN10O. The molecule has 0 spiro atoms. The van der Waals surface area contributed by atoms with Crippen LogP contribution in [0, 0.1) is 17.3 Å². The molecule has 0 aliphatic carbocycles. The fourth-order valence-corrected chi connectivity index (χ4v) is 3.93. The fraction of sp³-hybridized carbons (Fsp3) is 0.238. The molecule has 1 amide bonds. The molecule has 12 heteroatoms. The molecule has 1 aliphatic rings. The number of anilines is 4.